The number of methoxy groups -OCH3 is 2. The van der Waals surface area contributed by atoms with Crippen molar-refractivity contribution in [2.75, 3.05) is 27.3 Å². The topological polar surface area (TPSA) is 54.6 Å². The maximum atomic E-state index is 12.3. The van der Waals surface area contributed by atoms with Crippen LogP contribution in [0.4, 0.5) is 0 Å². The van der Waals surface area contributed by atoms with E-state index in [1.54, 1.807) is 13.4 Å². The third-order valence-corrected chi connectivity index (χ3v) is 6.02. The van der Waals surface area contributed by atoms with E-state index >= 15 is 0 Å². The van der Waals surface area contributed by atoms with Gasteiger partial charge in [-0.2, -0.15) is 0 Å². The number of carbonyl (C=O) groups excluding carboxylic acids is 1. The van der Waals surface area contributed by atoms with Crippen molar-refractivity contribution in [3.05, 3.63) is 47.4 Å². The monoisotopic (exact) mass is 354 g/mol. The van der Waals surface area contributed by atoms with Gasteiger partial charge in [-0.1, -0.05) is 25.1 Å². The number of rotatable bonds is 3. The van der Waals surface area contributed by atoms with Crippen LogP contribution in [0, 0.1) is 11.8 Å². The van der Waals surface area contributed by atoms with Gasteiger partial charge in [-0.3, -0.25) is 4.90 Å². The molecular weight excluding hydrogens is 328 g/mol. The molecule has 2 aliphatic rings. The zero-order valence-electron chi connectivity index (χ0n) is 15.6. The average molecular weight is 354 g/mol. The molecule has 2 aliphatic heterocycles. The molecule has 0 bridgehead atoms. The van der Waals surface area contributed by atoms with Crippen molar-refractivity contribution in [2.45, 2.75) is 25.8 Å². The number of H-pyrrole nitrogens is 1. The van der Waals surface area contributed by atoms with E-state index in [0.29, 0.717) is 17.5 Å². The number of aromatic amines is 1. The molecule has 0 saturated carbocycles. The van der Waals surface area contributed by atoms with Crippen LogP contribution in [-0.2, 0) is 20.7 Å². The Morgan fingerprint density at radius 1 is 1.31 bits per heavy atom. The molecule has 1 aromatic carbocycles. The van der Waals surface area contributed by atoms with Crippen LogP contribution in [0.15, 0.2) is 36.1 Å². The Morgan fingerprint density at radius 2 is 2.12 bits per heavy atom. The number of piperidine rings is 1. The summed E-state index contributed by atoms with van der Waals surface area (Å²) in [5, 5.41) is 1.33. The van der Waals surface area contributed by atoms with Gasteiger partial charge < -0.3 is 14.5 Å². The molecule has 2 aromatic rings. The van der Waals surface area contributed by atoms with E-state index in [1.165, 1.54) is 29.3 Å². The first-order valence-electron chi connectivity index (χ1n) is 9.28. The minimum absolute atomic E-state index is 0.126. The molecule has 138 valence electrons. The summed E-state index contributed by atoms with van der Waals surface area (Å²) in [6, 6.07) is 8.83. The predicted molar refractivity (Wildman–Crippen MR) is 101 cm³/mol. The summed E-state index contributed by atoms with van der Waals surface area (Å²) in [5.41, 5.74) is 4.60. The molecule has 5 heteroatoms. The van der Waals surface area contributed by atoms with E-state index in [4.69, 9.17) is 9.47 Å². The Labute approximate surface area is 154 Å². The van der Waals surface area contributed by atoms with E-state index in [1.807, 2.05) is 0 Å². The summed E-state index contributed by atoms with van der Waals surface area (Å²) >= 11 is 0. The molecule has 1 N–H and O–H groups in total. The molecule has 4 rings (SSSR count). The fraction of sp³-hybridized carbons (Fsp3) is 0.476. The second kappa shape index (κ2) is 6.80. The standard InChI is InChI=1S/C21H26N2O3/c1-13-11-23-9-8-15-14-6-4-5-7-18(14)22-20(15)19(23)10-16(13)17(12-25-2)21(24)26-3/h4-7,12-13,16,19,22H,8-11H2,1-3H3. The van der Waals surface area contributed by atoms with Crippen molar-refractivity contribution < 1.29 is 14.3 Å². The Kier molecular flexibility index (Phi) is 4.49. The van der Waals surface area contributed by atoms with Gasteiger partial charge in [0.25, 0.3) is 0 Å². The van der Waals surface area contributed by atoms with E-state index in [2.05, 4.69) is 41.1 Å². The normalized spacial score (nSPS) is 26.3. The number of aromatic nitrogens is 1. The van der Waals surface area contributed by atoms with Crippen LogP contribution in [0.2, 0.25) is 0 Å². The lowest BCUT2D eigenvalue weighted by atomic mass is 9.76. The van der Waals surface area contributed by atoms with Crippen LogP contribution in [-0.4, -0.2) is 43.2 Å². The Hall–Kier alpha value is -2.27. The number of para-hydroxylation sites is 1. The minimum atomic E-state index is -0.287. The van der Waals surface area contributed by atoms with Crippen molar-refractivity contribution in [3.8, 4) is 0 Å². The largest absolute Gasteiger partial charge is 0.504 e. The number of hydrogen-bond donors (Lipinski definition) is 1. The smallest absolute Gasteiger partial charge is 0.337 e. The molecule has 0 radical (unpaired) electrons. The fourth-order valence-corrected chi connectivity index (χ4v) is 4.79. The number of carbonyl (C=O) groups is 1. The summed E-state index contributed by atoms with van der Waals surface area (Å²) in [4.78, 5) is 18.5. The van der Waals surface area contributed by atoms with Gasteiger partial charge in [0.1, 0.15) is 0 Å². The van der Waals surface area contributed by atoms with Gasteiger partial charge in [-0.15, -0.1) is 0 Å². The maximum absolute atomic E-state index is 12.3. The van der Waals surface area contributed by atoms with Crippen LogP contribution < -0.4 is 0 Å². The van der Waals surface area contributed by atoms with E-state index in [9.17, 15) is 4.79 Å². The van der Waals surface area contributed by atoms with Crippen molar-refractivity contribution in [2.24, 2.45) is 11.8 Å². The molecule has 0 spiro atoms. The van der Waals surface area contributed by atoms with Crippen molar-refractivity contribution in [3.63, 3.8) is 0 Å². The number of benzene rings is 1. The van der Waals surface area contributed by atoms with E-state index < -0.39 is 0 Å². The number of ether oxygens (including phenoxy) is 2. The Bertz CT molecular complexity index is 854. The first kappa shape index (κ1) is 17.2. The van der Waals surface area contributed by atoms with E-state index in [0.717, 1.165) is 25.9 Å². The number of esters is 1. The van der Waals surface area contributed by atoms with Crippen LogP contribution in [0.3, 0.4) is 0 Å². The Morgan fingerprint density at radius 3 is 2.88 bits per heavy atom. The summed E-state index contributed by atoms with van der Waals surface area (Å²) < 4.78 is 10.2. The minimum Gasteiger partial charge on any atom is -0.504 e. The lowest BCUT2D eigenvalue weighted by Crippen LogP contribution is -2.46. The Balaban J connectivity index is 1.71. The summed E-state index contributed by atoms with van der Waals surface area (Å²) in [6.45, 7) is 4.26. The van der Waals surface area contributed by atoms with Crippen molar-refractivity contribution in [1.82, 2.24) is 9.88 Å². The van der Waals surface area contributed by atoms with Crippen LogP contribution in [0.25, 0.3) is 10.9 Å². The van der Waals surface area contributed by atoms with Crippen LogP contribution >= 0.6 is 0 Å². The quantitative estimate of drug-likeness (QED) is 0.521. The number of nitrogens with one attached hydrogen (secondary N) is 1. The molecule has 1 saturated heterocycles. The molecule has 1 aromatic heterocycles. The number of fused-ring (bicyclic) bond motifs is 5. The molecule has 0 aliphatic carbocycles. The molecule has 26 heavy (non-hydrogen) atoms. The van der Waals surface area contributed by atoms with E-state index in [-0.39, 0.29) is 11.9 Å². The van der Waals surface area contributed by atoms with Gasteiger partial charge in [0.2, 0.25) is 0 Å². The van der Waals surface area contributed by atoms with Crippen molar-refractivity contribution in [1.29, 1.82) is 0 Å². The molecule has 3 unspecified atom stereocenters. The number of nitrogens with zero attached hydrogens (tertiary/aromatic N) is 1. The fourth-order valence-electron chi connectivity index (χ4n) is 4.79. The lowest BCUT2D eigenvalue weighted by Gasteiger charge is -2.45. The summed E-state index contributed by atoms with van der Waals surface area (Å²) in [7, 11) is 3.02. The van der Waals surface area contributed by atoms with Gasteiger partial charge >= 0.3 is 5.97 Å². The van der Waals surface area contributed by atoms with Gasteiger partial charge in [0, 0.05) is 29.7 Å². The highest BCUT2D eigenvalue weighted by atomic mass is 16.5. The molecule has 0 amide bonds. The first-order chi connectivity index (χ1) is 12.6. The summed E-state index contributed by atoms with van der Waals surface area (Å²) in [6.07, 6.45) is 3.54. The predicted octanol–water partition coefficient (Wildman–Crippen LogP) is 3.43. The second-order valence-corrected chi connectivity index (χ2v) is 7.44. The number of hydrogen-bond acceptors (Lipinski definition) is 4. The van der Waals surface area contributed by atoms with Gasteiger partial charge in [0.15, 0.2) is 0 Å². The average Bonchev–Trinajstić information content (AvgIpc) is 3.04. The summed E-state index contributed by atoms with van der Waals surface area (Å²) in [5.74, 6) is 0.212. The van der Waals surface area contributed by atoms with Gasteiger partial charge in [0.05, 0.1) is 32.1 Å². The first-order valence-corrected chi connectivity index (χ1v) is 9.28. The third-order valence-electron chi connectivity index (χ3n) is 6.02. The SMILES string of the molecule is COC=C(C(=O)OC)C1CC2c3[nH]c4ccccc4c3CCN2CC1C. The van der Waals surface area contributed by atoms with Gasteiger partial charge in [-0.05, 0) is 36.3 Å². The van der Waals surface area contributed by atoms with Gasteiger partial charge in [-0.25, -0.2) is 4.79 Å². The third kappa shape index (κ3) is 2.71. The maximum Gasteiger partial charge on any atom is 0.337 e. The van der Waals surface area contributed by atoms with Crippen LogP contribution in [0.5, 0.6) is 0 Å². The highest BCUT2D eigenvalue weighted by molar-refractivity contribution is 5.89. The molecule has 3 heterocycles. The van der Waals surface area contributed by atoms with Crippen molar-refractivity contribution >= 4 is 16.9 Å². The lowest BCUT2D eigenvalue weighted by molar-refractivity contribution is -0.137. The van der Waals surface area contributed by atoms with Crippen LogP contribution in [0.1, 0.15) is 30.6 Å². The molecular formula is C21H26N2O3. The second-order valence-electron chi connectivity index (χ2n) is 7.44. The molecule has 5 nitrogen and oxygen atoms in total. The zero-order valence-corrected chi connectivity index (χ0v) is 15.6. The highest BCUT2D eigenvalue weighted by Gasteiger charge is 2.41. The zero-order chi connectivity index (χ0) is 18.3. The highest BCUT2D eigenvalue weighted by Crippen LogP contribution is 2.44. The molecule has 1 fully saturated rings. The molecule has 3 atom stereocenters.